The van der Waals surface area contributed by atoms with Crippen molar-refractivity contribution in [2.45, 2.75) is 0 Å². The Kier molecular flexibility index (Phi) is 2.07. The van der Waals surface area contributed by atoms with Gasteiger partial charge in [-0.25, -0.2) is 0 Å². The van der Waals surface area contributed by atoms with E-state index < -0.39 is 0 Å². The Morgan fingerprint density at radius 2 is 2.19 bits per heavy atom. The first-order chi connectivity index (χ1) is 7.88. The van der Waals surface area contributed by atoms with Gasteiger partial charge in [0, 0.05) is 18.0 Å². The van der Waals surface area contributed by atoms with E-state index in [4.69, 9.17) is 0 Å². The topological polar surface area (TPSA) is 55.1 Å². The Morgan fingerprint density at radius 1 is 1.25 bits per heavy atom. The third-order valence-corrected chi connectivity index (χ3v) is 2.98. The number of anilines is 1. The molecule has 0 fully saturated rings. The first kappa shape index (κ1) is 9.29. The SMILES string of the molecule is CNc1ccc2nnc(-c3ccsc3)n2n1. The molecule has 1 N–H and O–H groups in total. The van der Waals surface area contributed by atoms with Crippen LogP contribution in [0.4, 0.5) is 5.82 Å². The van der Waals surface area contributed by atoms with Gasteiger partial charge in [-0.1, -0.05) is 0 Å². The van der Waals surface area contributed by atoms with E-state index >= 15 is 0 Å². The molecule has 3 aromatic rings. The highest BCUT2D eigenvalue weighted by Gasteiger charge is 2.09. The summed E-state index contributed by atoms with van der Waals surface area (Å²) >= 11 is 1.63. The lowest BCUT2D eigenvalue weighted by Crippen LogP contribution is -1.99. The van der Waals surface area contributed by atoms with Crippen molar-refractivity contribution in [3.8, 4) is 11.4 Å². The monoisotopic (exact) mass is 231 g/mol. The summed E-state index contributed by atoms with van der Waals surface area (Å²) in [5, 5.41) is 19.7. The summed E-state index contributed by atoms with van der Waals surface area (Å²) in [7, 11) is 1.84. The van der Waals surface area contributed by atoms with Crippen LogP contribution in [0, 0.1) is 0 Å². The number of hydrogen-bond acceptors (Lipinski definition) is 5. The summed E-state index contributed by atoms with van der Waals surface area (Å²) in [5.41, 5.74) is 1.79. The van der Waals surface area contributed by atoms with Gasteiger partial charge in [0.1, 0.15) is 5.82 Å². The fourth-order valence-corrected chi connectivity index (χ4v) is 2.13. The van der Waals surface area contributed by atoms with E-state index in [2.05, 4.69) is 20.6 Å². The van der Waals surface area contributed by atoms with Crippen molar-refractivity contribution in [3.05, 3.63) is 29.0 Å². The zero-order valence-corrected chi connectivity index (χ0v) is 9.40. The van der Waals surface area contributed by atoms with Gasteiger partial charge in [-0.15, -0.1) is 15.3 Å². The zero-order valence-electron chi connectivity index (χ0n) is 8.58. The molecule has 5 nitrogen and oxygen atoms in total. The van der Waals surface area contributed by atoms with E-state index in [0.29, 0.717) is 0 Å². The highest BCUT2D eigenvalue weighted by atomic mass is 32.1. The van der Waals surface area contributed by atoms with Crippen LogP contribution in [0.1, 0.15) is 0 Å². The normalized spacial score (nSPS) is 10.8. The van der Waals surface area contributed by atoms with Gasteiger partial charge in [-0.3, -0.25) is 0 Å². The molecule has 0 amide bonds. The van der Waals surface area contributed by atoms with Crippen molar-refractivity contribution in [2.75, 3.05) is 12.4 Å². The van der Waals surface area contributed by atoms with Crippen LogP contribution in [-0.4, -0.2) is 26.9 Å². The van der Waals surface area contributed by atoms with Crippen LogP contribution >= 0.6 is 11.3 Å². The quantitative estimate of drug-likeness (QED) is 0.731. The first-order valence-electron chi connectivity index (χ1n) is 4.81. The molecule has 16 heavy (non-hydrogen) atoms. The van der Waals surface area contributed by atoms with Crippen LogP contribution in [0.25, 0.3) is 17.0 Å². The molecule has 3 aromatic heterocycles. The van der Waals surface area contributed by atoms with E-state index in [1.165, 1.54) is 0 Å². The van der Waals surface area contributed by atoms with Crippen LogP contribution in [-0.2, 0) is 0 Å². The van der Waals surface area contributed by atoms with Gasteiger partial charge in [-0.05, 0) is 23.6 Å². The van der Waals surface area contributed by atoms with Crippen molar-refractivity contribution in [1.82, 2.24) is 19.8 Å². The van der Waals surface area contributed by atoms with Crippen molar-refractivity contribution in [3.63, 3.8) is 0 Å². The second-order valence-corrected chi connectivity index (χ2v) is 4.05. The summed E-state index contributed by atoms with van der Waals surface area (Å²) in [6.45, 7) is 0. The highest BCUT2D eigenvalue weighted by molar-refractivity contribution is 7.08. The molecule has 0 bridgehead atoms. The van der Waals surface area contributed by atoms with E-state index in [1.54, 1.807) is 15.9 Å². The minimum Gasteiger partial charge on any atom is -0.372 e. The lowest BCUT2D eigenvalue weighted by atomic mass is 10.3. The Hall–Kier alpha value is -1.95. The second-order valence-electron chi connectivity index (χ2n) is 3.27. The summed E-state index contributed by atoms with van der Waals surface area (Å²) in [6, 6.07) is 5.78. The fourth-order valence-electron chi connectivity index (χ4n) is 1.49. The van der Waals surface area contributed by atoms with Crippen molar-refractivity contribution in [1.29, 1.82) is 0 Å². The van der Waals surface area contributed by atoms with Crippen LogP contribution < -0.4 is 5.32 Å². The van der Waals surface area contributed by atoms with Gasteiger partial charge in [-0.2, -0.15) is 15.9 Å². The van der Waals surface area contributed by atoms with Crippen molar-refractivity contribution >= 4 is 22.8 Å². The van der Waals surface area contributed by atoms with E-state index in [1.807, 2.05) is 36.0 Å². The smallest absolute Gasteiger partial charge is 0.186 e. The molecule has 6 heteroatoms. The Balaban J connectivity index is 2.25. The molecule has 0 aliphatic rings. The summed E-state index contributed by atoms with van der Waals surface area (Å²) in [5.74, 6) is 1.57. The lowest BCUT2D eigenvalue weighted by Gasteiger charge is -2.00. The maximum absolute atomic E-state index is 4.39. The predicted molar refractivity (Wildman–Crippen MR) is 63.6 cm³/mol. The molecular weight excluding hydrogens is 222 g/mol. The largest absolute Gasteiger partial charge is 0.372 e. The molecule has 0 saturated heterocycles. The van der Waals surface area contributed by atoms with Crippen LogP contribution in [0.2, 0.25) is 0 Å². The third kappa shape index (κ3) is 1.35. The average Bonchev–Trinajstić information content (AvgIpc) is 2.96. The van der Waals surface area contributed by atoms with Gasteiger partial charge in [0.25, 0.3) is 0 Å². The zero-order chi connectivity index (χ0) is 11.0. The Morgan fingerprint density at radius 3 is 2.94 bits per heavy atom. The van der Waals surface area contributed by atoms with Crippen LogP contribution in [0.5, 0.6) is 0 Å². The van der Waals surface area contributed by atoms with E-state index in [0.717, 1.165) is 22.9 Å². The van der Waals surface area contributed by atoms with Gasteiger partial charge in [0.15, 0.2) is 11.5 Å². The van der Waals surface area contributed by atoms with Crippen molar-refractivity contribution < 1.29 is 0 Å². The summed E-state index contributed by atoms with van der Waals surface area (Å²) < 4.78 is 1.74. The van der Waals surface area contributed by atoms with Gasteiger partial charge in [0.05, 0.1) is 0 Å². The second kappa shape index (κ2) is 3.57. The minimum absolute atomic E-state index is 0.750. The molecule has 3 heterocycles. The molecule has 0 unspecified atom stereocenters. The molecule has 0 saturated carbocycles. The Labute approximate surface area is 95.8 Å². The molecular formula is C10H9N5S. The molecule has 80 valence electrons. The molecule has 0 spiro atoms. The molecule has 0 aromatic carbocycles. The lowest BCUT2D eigenvalue weighted by molar-refractivity contribution is 0.939. The van der Waals surface area contributed by atoms with E-state index in [-0.39, 0.29) is 0 Å². The van der Waals surface area contributed by atoms with Gasteiger partial charge < -0.3 is 5.32 Å². The molecule has 3 rings (SSSR count). The number of thiophene rings is 1. The number of fused-ring (bicyclic) bond motifs is 1. The number of hydrogen-bond donors (Lipinski definition) is 1. The van der Waals surface area contributed by atoms with Crippen LogP contribution in [0.3, 0.4) is 0 Å². The van der Waals surface area contributed by atoms with E-state index in [9.17, 15) is 0 Å². The summed E-state index contributed by atoms with van der Waals surface area (Å²) in [6.07, 6.45) is 0. The van der Waals surface area contributed by atoms with Crippen LogP contribution in [0.15, 0.2) is 29.0 Å². The van der Waals surface area contributed by atoms with Gasteiger partial charge in [0.2, 0.25) is 0 Å². The standard InChI is InChI=1S/C10H9N5S/c1-11-8-2-3-9-12-13-10(15(9)14-8)7-4-5-16-6-7/h2-6H,1H3,(H,11,14). The Bertz CT molecular complexity index is 613. The average molecular weight is 231 g/mol. The number of nitrogens with one attached hydrogen (secondary N) is 1. The third-order valence-electron chi connectivity index (χ3n) is 2.30. The number of nitrogens with zero attached hydrogens (tertiary/aromatic N) is 4. The maximum Gasteiger partial charge on any atom is 0.186 e. The first-order valence-corrected chi connectivity index (χ1v) is 5.75. The highest BCUT2D eigenvalue weighted by Crippen LogP contribution is 2.20. The molecule has 0 radical (unpaired) electrons. The minimum atomic E-state index is 0.750. The van der Waals surface area contributed by atoms with Crippen molar-refractivity contribution in [2.24, 2.45) is 0 Å². The maximum atomic E-state index is 4.39. The fraction of sp³-hybridized carbons (Fsp3) is 0.100. The number of rotatable bonds is 2. The van der Waals surface area contributed by atoms with Gasteiger partial charge >= 0.3 is 0 Å². The predicted octanol–water partition coefficient (Wildman–Crippen LogP) is 1.89. The molecule has 0 atom stereocenters. The summed E-state index contributed by atoms with van der Waals surface area (Å²) in [4.78, 5) is 0. The molecule has 0 aliphatic heterocycles. The number of aromatic nitrogens is 4. The molecule has 0 aliphatic carbocycles.